The van der Waals surface area contributed by atoms with E-state index in [1.807, 2.05) is 0 Å². The molecule has 0 aromatic heterocycles. The van der Waals surface area contributed by atoms with Gasteiger partial charge in [0, 0.05) is 6.07 Å². The van der Waals surface area contributed by atoms with Crippen LogP contribution in [0.3, 0.4) is 0 Å². The van der Waals surface area contributed by atoms with Crippen LogP contribution < -0.4 is 5.73 Å². The fourth-order valence-corrected chi connectivity index (χ4v) is 1.22. The number of hydrogen-bond acceptors (Lipinski definition) is 5. The number of nitrogens with two attached hydrogens (primary N) is 1. The topological polar surface area (TPSA) is 110 Å². The number of nitro groups is 1. The molecule has 0 heterocycles. The molecule has 0 aliphatic carbocycles. The van der Waals surface area contributed by atoms with Crippen molar-refractivity contribution in [1.29, 1.82) is 0 Å². The van der Waals surface area contributed by atoms with Gasteiger partial charge in [-0.1, -0.05) is 6.07 Å². The molecule has 1 aromatic rings. The summed E-state index contributed by atoms with van der Waals surface area (Å²) in [5.41, 5.74) is 5.22. The summed E-state index contributed by atoms with van der Waals surface area (Å²) in [6, 6.07) is 3.77. The van der Waals surface area contributed by atoms with Gasteiger partial charge in [0.05, 0.1) is 11.0 Å². The van der Waals surface area contributed by atoms with Gasteiger partial charge in [-0.3, -0.25) is 10.1 Å². The molecule has 6 heteroatoms. The Bertz CT molecular complexity index is 367. The average Bonchev–Trinajstić information content (AvgIpc) is 2.18. The first-order valence-corrected chi connectivity index (χ1v) is 4.41. The molecule has 82 valence electrons. The summed E-state index contributed by atoms with van der Waals surface area (Å²) in [6.45, 7) is 0.288. The lowest BCUT2D eigenvalue weighted by atomic mass is 10.1. The van der Waals surface area contributed by atoms with Gasteiger partial charge in [0.25, 0.3) is 0 Å². The van der Waals surface area contributed by atoms with Gasteiger partial charge in [-0.2, -0.15) is 0 Å². The number of benzene rings is 1. The Kier molecular flexibility index (Phi) is 3.59. The maximum Gasteiger partial charge on any atom is 0.311 e. The Hall–Kier alpha value is -1.66. The molecule has 0 aliphatic heterocycles. The molecule has 15 heavy (non-hydrogen) atoms. The van der Waals surface area contributed by atoms with Crippen molar-refractivity contribution in [2.45, 2.75) is 12.5 Å². The van der Waals surface area contributed by atoms with Gasteiger partial charge in [-0.05, 0) is 24.6 Å². The molecule has 0 fully saturated rings. The number of phenols is 1. The van der Waals surface area contributed by atoms with Gasteiger partial charge in [0.1, 0.15) is 0 Å². The first kappa shape index (κ1) is 11.4. The zero-order chi connectivity index (χ0) is 11.4. The number of aliphatic hydroxyl groups excluding tert-OH is 1. The monoisotopic (exact) mass is 212 g/mol. The second kappa shape index (κ2) is 4.72. The van der Waals surface area contributed by atoms with Crippen LogP contribution in [0.2, 0.25) is 0 Å². The standard InChI is InChI=1S/C9H12N2O4/c10-4-3-8(12)6-1-2-9(13)7(5-6)11(14)15/h1-2,5,8,12-13H,3-4,10H2. The van der Waals surface area contributed by atoms with Crippen LogP contribution in [0.15, 0.2) is 18.2 Å². The van der Waals surface area contributed by atoms with E-state index in [0.29, 0.717) is 12.0 Å². The average molecular weight is 212 g/mol. The van der Waals surface area contributed by atoms with Crippen molar-refractivity contribution in [3.63, 3.8) is 0 Å². The molecule has 0 saturated heterocycles. The van der Waals surface area contributed by atoms with Crippen molar-refractivity contribution < 1.29 is 15.1 Å². The first-order valence-electron chi connectivity index (χ1n) is 4.41. The molecule has 0 aliphatic rings. The van der Waals surface area contributed by atoms with Gasteiger partial charge < -0.3 is 15.9 Å². The van der Waals surface area contributed by atoms with E-state index in [4.69, 9.17) is 10.8 Å². The highest BCUT2D eigenvalue weighted by molar-refractivity contribution is 5.48. The molecule has 6 nitrogen and oxygen atoms in total. The van der Waals surface area contributed by atoms with E-state index in [1.165, 1.54) is 12.1 Å². The summed E-state index contributed by atoms with van der Waals surface area (Å²) in [5, 5.41) is 29.2. The Morgan fingerprint density at radius 3 is 2.73 bits per heavy atom. The van der Waals surface area contributed by atoms with E-state index in [2.05, 4.69) is 0 Å². The van der Waals surface area contributed by atoms with E-state index >= 15 is 0 Å². The van der Waals surface area contributed by atoms with E-state index in [1.54, 1.807) is 0 Å². The van der Waals surface area contributed by atoms with E-state index in [-0.39, 0.29) is 6.54 Å². The SMILES string of the molecule is NCCC(O)c1ccc(O)c([N+](=O)[O-])c1. The predicted octanol–water partition coefficient (Wildman–Crippen LogP) is 0.683. The number of phenolic OH excluding ortho intramolecular Hbond substituents is 1. The predicted molar refractivity (Wildman–Crippen MR) is 53.4 cm³/mol. The molecule has 1 aromatic carbocycles. The number of nitro benzene ring substituents is 1. The fraction of sp³-hybridized carbons (Fsp3) is 0.333. The van der Waals surface area contributed by atoms with Crippen molar-refractivity contribution in [3.05, 3.63) is 33.9 Å². The molecule has 4 N–H and O–H groups in total. The van der Waals surface area contributed by atoms with Crippen LogP contribution in [0.1, 0.15) is 18.1 Å². The summed E-state index contributed by atoms with van der Waals surface area (Å²) in [6.07, 6.45) is -0.517. The number of hydrogen-bond donors (Lipinski definition) is 3. The lowest BCUT2D eigenvalue weighted by molar-refractivity contribution is -0.386. The normalized spacial score (nSPS) is 12.4. The quantitative estimate of drug-likeness (QED) is 0.502. The number of nitrogens with zero attached hydrogens (tertiary/aromatic N) is 1. The van der Waals surface area contributed by atoms with E-state index in [9.17, 15) is 15.2 Å². The van der Waals surface area contributed by atoms with E-state index < -0.39 is 22.5 Å². The van der Waals surface area contributed by atoms with Gasteiger partial charge in [-0.15, -0.1) is 0 Å². The largest absolute Gasteiger partial charge is 0.502 e. The first-order chi connectivity index (χ1) is 7.06. The summed E-state index contributed by atoms with van der Waals surface area (Å²) >= 11 is 0. The Balaban J connectivity index is 3.02. The van der Waals surface area contributed by atoms with Crippen LogP contribution in [0, 0.1) is 10.1 Å². The molecule has 0 spiro atoms. The van der Waals surface area contributed by atoms with Crippen LogP contribution >= 0.6 is 0 Å². The number of aromatic hydroxyl groups is 1. The molecule has 0 bridgehead atoms. The third-order valence-corrected chi connectivity index (χ3v) is 2.02. The number of aliphatic hydroxyl groups is 1. The molecule has 1 unspecified atom stereocenters. The van der Waals surface area contributed by atoms with Crippen molar-refractivity contribution in [2.75, 3.05) is 6.54 Å². The molecular formula is C9H12N2O4. The van der Waals surface area contributed by atoms with Crippen molar-refractivity contribution in [1.82, 2.24) is 0 Å². The highest BCUT2D eigenvalue weighted by Crippen LogP contribution is 2.29. The number of rotatable bonds is 4. The smallest absolute Gasteiger partial charge is 0.311 e. The molecule has 1 rings (SSSR count). The van der Waals surface area contributed by atoms with Crippen molar-refractivity contribution >= 4 is 5.69 Å². The lowest BCUT2D eigenvalue weighted by Crippen LogP contribution is -2.06. The fourth-order valence-electron chi connectivity index (χ4n) is 1.22. The van der Waals surface area contributed by atoms with Gasteiger partial charge in [0.2, 0.25) is 0 Å². The molecular weight excluding hydrogens is 200 g/mol. The van der Waals surface area contributed by atoms with E-state index in [0.717, 1.165) is 6.07 Å². The third-order valence-electron chi connectivity index (χ3n) is 2.02. The van der Waals surface area contributed by atoms with Gasteiger partial charge >= 0.3 is 5.69 Å². The van der Waals surface area contributed by atoms with Crippen LogP contribution in [-0.4, -0.2) is 21.7 Å². The Morgan fingerprint density at radius 2 is 2.20 bits per heavy atom. The summed E-state index contributed by atoms with van der Waals surface area (Å²) in [4.78, 5) is 9.79. The second-order valence-corrected chi connectivity index (χ2v) is 3.10. The van der Waals surface area contributed by atoms with Gasteiger partial charge in [-0.25, -0.2) is 0 Å². The zero-order valence-electron chi connectivity index (χ0n) is 7.96. The molecule has 0 saturated carbocycles. The summed E-state index contributed by atoms with van der Waals surface area (Å²) < 4.78 is 0. The third kappa shape index (κ3) is 2.64. The molecule has 1 atom stereocenters. The molecule has 0 radical (unpaired) electrons. The molecule has 0 amide bonds. The Labute approximate surface area is 86.1 Å². The zero-order valence-corrected chi connectivity index (χ0v) is 7.96. The van der Waals surface area contributed by atoms with Crippen LogP contribution in [0.5, 0.6) is 5.75 Å². The highest BCUT2D eigenvalue weighted by Gasteiger charge is 2.16. The van der Waals surface area contributed by atoms with Crippen LogP contribution in [0.25, 0.3) is 0 Å². The van der Waals surface area contributed by atoms with Crippen LogP contribution in [-0.2, 0) is 0 Å². The minimum atomic E-state index is -0.839. The highest BCUT2D eigenvalue weighted by atomic mass is 16.6. The van der Waals surface area contributed by atoms with Crippen molar-refractivity contribution in [2.24, 2.45) is 5.73 Å². The minimum Gasteiger partial charge on any atom is -0.502 e. The second-order valence-electron chi connectivity index (χ2n) is 3.10. The minimum absolute atomic E-state index is 0.288. The maximum atomic E-state index is 10.5. The lowest BCUT2D eigenvalue weighted by Gasteiger charge is -2.09. The summed E-state index contributed by atoms with van der Waals surface area (Å²) in [5.74, 6) is -0.413. The maximum absolute atomic E-state index is 10.5. The van der Waals surface area contributed by atoms with Crippen LogP contribution in [0.4, 0.5) is 5.69 Å². The van der Waals surface area contributed by atoms with Crippen molar-refractivity contribution in [3.8, 4) is 5.75 Å². The summed E-state index contributed by atoms with van der Waals surface area (Å²) in [7, 11) is 0. The Morgan fingerprint density at radius 1 is 1.53 bits per heavy atom. The van der Waals surface area contributed by atoms with Gasteiger partial charge in [0.15, 0.2) is 5.75 Å².